The molecule has 0 fully saturated rings. The summed E-state index contributed by atoms with van der Waals surface area (Å²) in [6, 6.07) is 0. The van der Waals surface area contributed by atoms with Crippen molar-refractivity contribution in [3.8, 4) is 0 Å². The van der Waals surface area contributed by atoms with Gasteiger partial charge in [-0.3, -0.25) is 14.4 Å². The molecule has 0 saturated carbocycles. The minimum atomic E-state index is -0.761. The molecule has 0 radical (unpaired) electrons. The molecule has 0 aromatic carbocycles. The van der Waals surface area contributed by atoms with Crippen LogP contribution in [0.15, 0.2) is 0 Å². The predicted octanol–water partition coefficient (Wildman–Crippen LogP) is 19.8. The van der Waals surface area contributed by atoms with Crippen LogP contribution in [-0.4, -0.2) is 37.2 Å². The van der Waals surface area contributed by atoms with Crippen molar-refractivity contribution in [3.05, 3.63) is 0 Å². The van der Waals surface area contributed by atoms with Crippen molar-refractivity contribution in [1.82, 2.24) is 0 Å². The molecular weight excluding hydrogens is 817 g/mol. The fourth-order valence-corrected chi connectivity index (χ4v) is 9.25. The maximum atomic E-state index is 12.8. The van der Waals surface area contributed by atoms with E-state index in [2.05, 4.69) is 27.7 Å². The number of carbonyl (C=O) groups excluding carboxylic acids is 3. The summed E-state index contributed by atoms with van der Waals surface area (Å²) in [4.78, 5) is 38.1. The number of unbranched alkanes of at least 4 members (excludes halogenated alkanes) is 41. The maximum Gasteiger partial charge on any atom is 0.306 e. The average molecular weight is 934 g/mol. The van der Waals surface area contributed by atoms with Crippen LogP contribution in [0.2, 0.25) is 0 Å². The predicted molar refractivity (Wildman–Crippen MR) is 284 cm³/mol. The van der Waals surface area contributed by atoms with Crippen LogP contribution in [0.5, 0.6) is 0 Å². The largest absolute Gasteiger partial charge is 0.462 e. The van der Waals surface area contributed by atoms with Gasteiger partial charge in [-0.15, -0.1) is 0 Å². The lowest BCUT2D eigenvalue weighted by Gasteiger charge is -2.18. The van der Waals surface area contributed by atoms with Gasteiger partial charge in [-0.2, -0.15) is 0 Å². The summed E-state index contributed by atoms with van der Waals surface area (Å²) < 4.78 is 16.9. The highest BCUT2D eigenvalue weighted by atomic mass is 16.6. The van der Waals surface area contributed by atoms with Crippen LogP contribution < -0.4 is 0 Å². The highest BCUT2D eigenvalue weighted by Gasteiger charge is 2.19. The van der Waals surface area contributed by atoms with E-state index >= 15 is 0 Å². The van der Waals surface area contributed by atoms with Crippen LogP contribution >= 0.6 is 0 Å². The first kappa shape index (κ1) is 64.4. The quantitative estimate of drug-likeness (QED) is 0.0343. The Bertz CT molecular complexity index is 998. The Kier molecular flexibility index (Phi) is 53.0. The van der Waals surface area contributed by atoms with Crippen molar-refractivity contribution in [2.45, 2.75) is 348 Å². The summed E-state index contributed by atoms with van der Waals surface area (Å²) in [5.74, 6) is 0.0747. The lowest BCUT2D eigenvalue weighted by atomic mass is 9.99. The van der Waals surface area contributed by atoms with Gasteiger partial charge in [0.05, 0.1) is 0 Å². The molecular formula is C60H116O6. The molecule has 0 aromatic heterocycles. The van der Waals surface area contributed by atoms with Crippen LogP contribution in [0.25, 0.3) is 0 Å². The van der Waals surface area contributed by atoms with E-state index in [0.717, 1.165) is 63.7 Å². The number of ether oxygens (including phenoxy) is 3. The number of rotatable bonds is 55. The maximum absolute atomic E-state index is 12.8. The Balaban J connectivity index is 4.19. The standard InChI is InChI=1S/C60H116O6/c1-5-8-10-12-14-16-18-19-20-26-30-33-37-41-45-49-53-60(63)66-57(54-64-58(61)51-47-43-39-35-17-15-13-11-9-6-2)55-65-59(62)52-48-44-40-36-32-29-27-24-22-21-23-25-28-31-34-38-42-46-50-56(4)7-3/h56-57H,5-55H2,1-4H3/t56?,57-/m0/s1. The minimum Gasteiger partial charge on any atom is -0.462 e. The lowest BCUT2D eigenvalue weighted by molar-refractivity contribution is -0.167. The van der Waals surface area contributed by atoms with Crippen LogP contribution in [0.4, 0.5) is 0 Å². The lowest BCUT2D eigenvalue weighted by Crippen LogP contribution is -2.30. The zero-order valence-electron chi connectivity index (χ0n) is 45.2. The van der Waals surface area contributed by atoms with Crippen molar-refractivity contribution in [2.24, 2.45) is 5.92 Å². The Morgan fingerprint density at radius 3 is 0.788 bits per heavy atom. The molecule has 0 amide bonds. The molecule has 6 heteroatoms. The van der Waals surface area contributed by atoms with Gasteiger partial charge >= 0.3 is 17.9 Å². The average Bonchev–Trinajstić information content (AvgIpc) is 3.32. The zero-order valence-corrected chi connectivity index (χ0v) is 45.2. The third-order valence-corrected chi connectivity index (χ3v) is 14.2. The van der Waals surface area contributed by atoms with E-state index < -0.39 is 6.10 Å². The van der Waals surface area contributed by atoms with Gasteiger partial charge in [0, 0.05) is 19.3 Å². The van der Waals surface area contributed by atoms with Crippen LogP contribution in [0, 0.1) is 5.92 Å². The van der Waals surface area contributed by atoms with E-state index in [1.165, 1.54) is 238 Å². The molecule has 0 aliphatic carbocycles. The number of esters is 3. The summed E-state index contributed by atoms with van der Waals surface area (Å²) >= 11 is 0. The highest BCUT2D eigenvalue weighted by molar-refractivity contribution is 5.71. The second-order valence-corrected chi connectivity index (χ2v) is 20.9. The zero-order chi connectivity index (χ0) is 48.1. The van der Waals surface area contributed by atoms with Crippen LogP contribution in [0.3, 0.4) is 0 Å². The fourth-order valence-electron chi connectivity index (χ4n) is 9.25. The SMILES string of the molecule is CCCCCCCCCCCCCCCCCCC(=O)O[C@@H](COC(=O)CCCCCCCCCCCC)COC(=O)CCCCCCCCCCCCCCCCCCCCC(C)CC. The summed E-state index contributed by atoms with van der Waals surface area (Å²) in [6.45, 7) is 9.10. The first-order chi connectivity index (χ1) is 32.4. The van der Waals surface area contributed by atoms with Crippen molar-refractivity contribution >= 4 is 17.9 Å². The van der Waals surface area contributed by atoms with Crippen molar-refractivity contribution in [2.75, 3.05) is 13.2 Å². The van der Waals surface area contributed by atoms with Gasteiger partial charge in [0.25, 0.3) is 0 Å². The van der Waals surface area contributed by atoms with E-state index in [-0.39, 0.29) is 31.1 Å². The molecule has 0 aliphatic heterocycles. The molecule has 6 nitrogen and oxygen atoms in total. The number of hydrogen-bond acceptors (Lipinski definition) is 6. The topological polar surface area (TPSA) is 78.9 Å². The molecule has 0 aliphatic rings. The van der Waals surface area contributed by atoms with Gasteiger partial charge in [-0.25, -0.2) is 0 Å². The molecule has 0 N–H and O–H groups in total. The summed E-state index contributed by atoms with van der Waals surface area (Å²) in [7, 11) is 0. The van der Waals surface area contributed by atoms with E-state index in [1.54, 1.807) is 0 Å². The van der Waals surface area contributed by atoms with Gasteiger partial charge in [0.2, 0.25) is 0 Å². The van der Waals surface area contributed by atoms with Gasteiger partial charge in [0.15, 0.2) is 6.10 Å². The second kappa shape index (κ2) is 54.4. The molecule has 392 valence electrons. The van der Waals surface area contributed by atoms with Crippen LogP contribution in [0.1, 0.15) is 342 Å². The normalized spacial score (nSPS) is 12.4. The molecule has 66 heavy (non-hydrogen) atoms. The third-order valence-electron chi connectivity index (χ3n) is 14.2. The first-order valence-corrected chi connectivity index (χ1v) is 29.9. The molecule has 0 spiro atoms. The van der Waals surface area contributed by atoms with Gasteiger partial charge in [0.1, 0.15) is 13.2 Å². The van der Waals surface area contributed by atoms with E-state index in [1.807, 2.05) is 0 Å². The molecule has 1 unspecified atom stereocenters. The number of carbonyl (C=O) groups is 3. The molecule has 2 atom stereocenters. The van der Waals surface area contributed by atoms with Gasteiger partial charge < -0.3 is 14.2 Å². The Hall–Kier alpha value is -1.59. The summed E-state index contributed by atoms with van der Waals surface area (Å²) in [5.41, 5.74) is 0. The second-order valence-electron chi connectivity index (χ2n) is 20.9. The third kappa shape index (κ3) is 51.8. The number of hydrogen-bond donors (Lipinski definition) is 0. The molecule has 0 aromatic rings. The van der Waals surface area contributed by atoms with Crippen molar-refractivity contribution < 1.29 is 28.6 Å². The monoisotopic (exact) mass is 933 g/mol. The van der Waals surface area contributed by atoms with Crippen LogP contribution in [-0.2, 0) is 28.6 Å². The Morgan fingerprint density at radius 2 is 0.530 bits per heavy atom. The summed E-state index contributed by atoms with van der Waals surface area (Å²) in [5, 5.41) is 0. The summed E-state index contributed by atoms with van der Waals surface area (Å²) in [6.07, 6.45) is 59.5. The van der Waals surface area contributed by atoms with E-state index in [4.69, 9.17) is 14.2 Å². The molecule has 0 saturated heterocycles. The smallest absolute Gasteiger partial charge is 0.306 e. The fraction of sp³-hybridized carbons (Fsp3) is 0.950. The van der Waals surface area contributed by atoms with E-state index in [0.29, 0.717) is 19.3 Å². The molecule has 0 bridgehead atoms. The van der Waals surface area contributed by atoms with Gasteiger partial charge in [-0.05, 0) is 25.2 Å². The minimum absolute atomic E-state index is 0.0617. The Labute approximate surface area is 412 Å². The van der Waals surface area contributed by atoms with Gasteiger partial charge in [-0.1, -0.05) is 304 Å². The van der Waals surface area contributed by atoms with Crippen molar-refractivity contribution in [3.63, 3.8) is 0 Å². The molecule has 0 rings (SSSR count). The van der Waals surface area contributed by atoms with E-state index in [9.17, 15) is 14.4 Å². The highest BCUT2D eigenvalue weighted by Crippen LogP contribution is 2.19. The molecule has 0 heterocycles. The first-order valence-electron chi connectivity index (χ1n) is 29.9. The van der Waals surface area contributed by atoms with Crippen molar-refractivity contribution in [1.29, 1.82) is 0 Å². The Morgan fingerprint density at radius 1 is 0.303 bits per heavy atom.